The fourth-order valence-corrected chi connectivity index (χ4v) is 1.84. The van der Waals surface area contributed by atoms with Crippen molar-refractivity contribution < 1.29 is 19.4 Å². The van der Waals surface area contributed by atoms with Crippen molar-refractivity contribution in [3.8, 4) is 0 Å². The van der Waals surface area contributed by atoms with Crippen LogP contribution >= 0.6 is 0 Å². The predicted octanol–water partition coefficient (Wildman–Crippen LogP) is 2.83. The maximum Gasteiger partial charge on any atom is 0.408 e. The standard InChI is InChI=1S/C14H19N3O6/c1-9(16(19)20)12(15-13(18)23-14(2,3)4)10-5-7-11(8-6-10)17(21)22/h5-9,12H,1-4H3,(H,15,18)/t9-,12-/m0/s1. The lowest BCUT2D eigenvalue weighted by atomic mass is 10.0. The number of hydrogen-bond donors (Lipinski definition) is 1. The van der Waals surface area contributed by atoms with Crippen LogP contribution in [0, 0.1) is 20.2 Å². The van der Waals surface area contributed by atoms with Gasteiger partial charge in [-0.05, 0) is 38.5 Å². The number of nitro benzene ring substituents is 1. The van der Waals surface area contributed by atoms with Crippen LogP contribution in [0.2, 0.25) is 0 Å². The number of nitrogens with zero attached hydrogens (tertiary/aromatic N) is 2. The number of amides is 1. The van der Waals surface area contributed by atoms with E-state index >= 15 is 0 Å². The SMILES string of the molecule is C[C@@H]([C@H](NC(=O)OC(C)(C)C)c1ccc([N+](=O)[O-])cc1)[N+](=O)[O-]. The smallest absolute Gasteiger partial charge is 0.408 e. The van der Waals surface area contributed by atoms with Gasteiger partial charge in [0.2, 0.25) is 6.04 Å². The van der Waals surface area contributed by atoms with Gasteiger partial charge in [-0.2, -0.15) is 0 Å². The minimum Gasteiger partial charge on any atom is -0.444 e. The maximum absolute atomic E-state index is 11.9. The van der Waals surface area contributed by atoms with E-state index in [0.29, 0.717) is 5.56 Å². The minimum atomic E-state index is -1.14. The summed E-state index contributed by atoms with van der Waals surface area (Å²) in [6.45, 7) is 6.35. The van der Waals surface area contributed by atoms with E-state index in [1.165, 1.54) is 31.2 Å². The minimum absolute atomic E-state index is 0.140. The molecule has 0 aliphatic heterocycles. The van der Waals surface area contributed by atoms with E-state index in [-0.39, 0.29) is 5.69 Å². The molecule has 0 unspecified atom stereocenters. The van der Waals surface area contributed by atoms with E-state index in [9.17, 15) is 25.0 Å². The number of nitro groups is 2. The Labute approximate surface area is 132 Å². The molecule has 0 bridgehead atoms. The summed E-state index contributed by atoms with van der Waals surface area (Å²) in [5.74, 6) is 0. The largest absolute Gasteiger partial charge is 0.444 e. The van der Waals surface area contributed by atoms with Crippen LogP contribution in [0.15, 0.2) is 24.3 Å². The molecule has 0 aliphatic rings. The van der Waals surface area contributed by atoms with Gasteiger partial charge in [0.15, 0.2) is 0 Å². The van der Waals surface area contributed by atoms with E-state index < -0.39 is 33.6 Å². The third-order valence-corrected chi connectivity index (χ3v) is 2.95. The highest BCUT2D eigenvalue weighted by atomic mass is 16.6. The molecule has 0 spiro atoms. The van der Waals surface area contributed by atoms with Crippen LogP contribution in [0.1, 0.15) is 39.3 Å². The number of hydrogen-bond acceptors (Lipinski definition) is 6. The topological polar surface area (TPSA) is 125 Å². The maximum atomic E-state index is 11.9. The van der Waals surface area contributed by atoms with Crippen LogP contribution in [0.4, 0.5) is 10.5 Å². The number of nitrogens with one attached hydrogen (secondary N) is 1. The molecule has 1 amide bonds. The first kappa shape index (κ1) is 18.3. The number of alkyl carbamates (subject to hydrolysis) is 1. The molecule has 0 heterocycles. The molecule has 0 fully saturated rings. The van der Waals surface area contributed by atoms with Crippen LogP contribution in [-0.4, -0.2) is 27.6 Å². The second kappa shape index (κ2) is 7.03. The van der Waals surface area contributed by atoms with Crippen molar-refractivity contribution in [2.45, 2.75) is 45.4 Å². The molecule has 0 aromatic heterocycles. The Kier molecular flexibility index (Phi) is 5.61. The lowest BCUT2D eigenvalue weighted by Gasteiger charge is -2.24. The zero-order chi connectivity index (χ0) is 17.8. The van der Waals surface area contributed by atoms with Crippen LogP contribution in [0.25, 0.3) is 0 Å². The number of rotatable bonds is 5. The van der Waals surface area contributed by atoms with Gasteiger partial charge < -0.3 is 10.1 Å². The third-order valence-electron chi connectivity index (χ3n) is 2.95. The summed E-state index contributed by atoms with van der Waals surface area (Å²) in [7, 11) is 0. The van der Waals surface area contributed by atoms with Gasteiger partial charge >= 0.3 is 6.09 Å². The molecular weight excluding hydrogens is 306 g/mol. The molecule has 1 rings (SSSR count). The molecule has 9 heteroatoms. The first-order chi connectivity index (χ1) is 10.5. The normalized spacial score (nSPS) is 13.7. The molecule has 2 atom stereocenters. The molecule has 1 aromatic rings. The number of ether oxygens (including phenoxy) is 1. The fraction of sp³-hybridized carbons (Fsp3) is 0.500. The van der Waals surface area contributed by atoms with Gasteiger partial charge in [-0.3, -0.25) is 20.2 Å². The molecule has 1 aromatic carbocycles. The molecule has 126 valence electrons. The van der Waals surface area contributed by atoms with E-state index in [1.54, 1.807) is 20.8 Å². The number of benzene rings is 1. The highest BCUT2D eigenvalue weighted by Crippen LogP contribution is 2.22. The number of non-ortho nitro benzene ring substituents is 1. The van der Waals surface area contributed by atoms with Crippen molar-refractivity contribution in [3.63, 3.8) is 0 Å². The quantitative estimate of drug-likeness (QED) is 0.655. The molecule has 9 nitrogen and oxygen atoms in total. The van der Waals surface area contributed by atoms with E-state index in [2.05, 4.69) is 5.32 Å². The molecule has 0 radical (unpaired) electrons. The average molecular weight is 325 g/mol. The molecule has 23 heavy (non-hydrogen) atoms. The van der Waals surface area contributed by atoms with Crippen molar-refractivity contribution in [1.82, 2.24) is 5.32 Å². The van der Waals surface area contributed by atoms with Gasteiger partial charge in [0, 0.05) is 24.0 Å². The second-order valence-electron chi connectivity index (χ2n) is 6.00. The first-order valence-electron chi connectivity index (χ1n) is 6.88. The molecule has 0 aliphatic carbocycles. The molecule has 1 N–H and O–H groups in total. The lowest BCUT2D eigenvalue weighted by Crippen LogP contribution is -2.41. The van der Waals surface area contributed by atoms with E-state index in [0.717, 1.165) is 0 Å². The number of carbonyl (C=O) groups excluding carboxylic acids is 1. The molecule has 0 saturated carbocycles. The van der Waals surface area contributed by atoms with Gasteiger partial charge in [-0.25, -0.2) is 4.79 Å². The Morgan fingerprint density at radius 3 is 2.09 bits per heavy atom. The Balaban J connectivity index is 3.03. The summed E-state index contributed by atoms with van der Waals surface area (Å²) < 4.78 is 5.10. The first-order valence-corrected chi connectivity index (χ1v) is 6.88. The van der Waals surface area contributed by atoms with Crippen LogP contribution in [0.5, 0.6) is 0 Å². The Bertz CT molecular complexity index is 594. The van der Waals surface area contributed by atoms with Crippen LogP contribution in [0.3, 0.4) is 0 Å². The fourth-order valence-electron chi connectivity index (χ4n) is 1.84. The average Bonchev–Trinajstić information content (AvgIpc) is 2.42. The van der Waals surface area contributed by atoms with Crippen molar-refractivity contribution in [1.29, 1.82) is 0 Å². The van der Waals surface area contributed by atoms with E-state index in [4.69, 9.17) is 4.74 Å². The highest BCUT2D eigenvalue weighted by Gasteiger charge is 2.31. The lowest BCUT2D eigenvalue weighted by molar-refractivity contribution is -0.523. The Morgan fingerprint density at radius 1 is 1.17 bits per heavy atom. The summed E-state index contributed by atoms with van der Waals surface area (Å²) >= 11 is 0. The summed E-state index contributed by atoms with van der Waals surface area (Å²) in [6, 6.07) is 3.10. The summed E-state index contributed by atoms with van der Waals surface area (Å²) in [5.41, 5.74) is -0.508. The molecule has 0 saturated heterocycles. The Hall–Kier alpha value is -2.71. The second-order valence-corrected chi connectivity index (χ2v) is 6.00. The van der Waals surface area contributed by atoms with Crippen molar-refractivity contribution in [3.05, 3.63) is 50.1 Å². The monoisotopic (exact) mass is 325 g/mol. The molecular formula is C14H19N3O6. The van der Waals surface area contributed by atoms with Crippen LogP contribution < -0.4 is 5.32 Å². The summed E-state index contributed by atoms with van der Waals surface area (Å²) in [5, 5.41) is 24.2. The van der Waals surface area contributed by atoms with Gasteiger partial charge in [-0.15, -0.1) is 0 Å². The van der Waals surface area contributed by atoms with E-state index in [1.807, 2.05) is 0 Å². The van der Waals surface area contributed by atoms with Gasteiger partial charge in [-0.1, -0.05) is 0 Å². The zero-order valence-electron chi connectivity index (χ0n) is 13.3. The predicted molar refractivity (Wildman–Crippen MR) is 81.7 cm³/mol. The van der Waals surface area contributed by atoms with Crippen molar-refractivity contribution in [2.75, 3.05) is 0 Å². The van der Waals surface area contributed by atoms with Crippen molar-refractivity contribution in [2.24, 2.45) is 0 Å². The van der Waals surface area contributed by atoms with Gasteiger partial charge in [0.1, 0.15) is 11.6 Å². The highest BCUT2D eigenvalue weighted by molar-refractivity contribution is 5.68. The third kappa shape index (κ3) is 5.53. The Morgan fingerprint density at radius 2 is 1.70 bits per heavy atom. The zero-order valence-corrected chi connectivity index (χ0v) is 13.3. The van der Waals surface area contributed by atoms with Gasteiger partial charge in [0.05, 0.1) is 4.92 Å². The summed E-state index contributed by atoms with van der Waals surface area (Å²) in [6.07, 6.45) is -0.797. The van der Waals surface area contributed by atoms with Gasteiger partial charge in [0.25, 0.3) is 5.69 Å². The number of carbonyl (C=O) groups is 1. The van der Waals surface area contributed by atoms with Crippen LogP contribution in [-0.2, 0) is 4.74 Å². The van der Waals surface area contributed by atoms with Crippen molar-refractivity contribution >= 4 is 11.8 Å². The summed E-state index contributed by atoms with van der Waals surface area (Å²) in [4.78, 5) is 32.5.